The fourth-order valence-electron chi connectivity index (χ4n) is 4.08. The van der Waals surface area contributed by atoms with Crippen LogP contribution in [0.2, 0.25) is 0 Å². The van der Waals surface area contributed by atoms with Crippen LogP contribution < -0.4 is 5.32 Å². The minimum absolute atomic E-state index is 0.0329. The molecule has 5 heteroatoms. The van der Waals surface area contributed by atoms with Crippen molar-refractivity contribution in [3.8, 4) is 0 Å². The minimum atomic E-state index is 0.0329. The van der Waals surface area contributed by atoms with E-state index in [0.29, 0.717) is 6.04 Å². The van der Waals surface area contributed by atoms with Crippen molar-refractivity contribution in [3.05, 3.63) is 29.3 Å². The molecule has 2 fully saturated rings. The molecule has 2 amide bonds. The zero-order valence-electron chi connectivity index (χ0n) is 15.9. The van der Waals surface area contributed by atoms with Gasteiger partial charge in [-0.25, -0.2) is 4.79 Å². The Morgan fingerprint density at radius 2 is 1.96 bits per heavy atom. The third-order valence-corrected chi connectivity index (χ3v) is 5.24. The third kappa shape index (κ3) is 4.53. The maximum atomic E-state index is 12.8. The minimum Gasteiger partial charge on any atom is -0.373 e. The summed E-state index contributed by atoms with van der Waals surface area (Å²) >= 11 is 0. The van der Waals surface area contributed by atoms with Crippen LogP contribution >= 0.6 is 0 Å². The number of morpholine rings is 1. The Balaban J connectivity index is 1.62. The Hall–Kier alpha value is -1.59. The van der Waals surface area contributed by atoms with E-state index >= 15 is 0 Å². The normalized spacial score (nSPS) is 27.5. The molecule has 138 valence electrons. The fraction of sp³-hybridized carbons (Fsp3) is 0.650. The number of aryl methyl sites for hydroxylation is 2. The first-order valence-corrected chi connectivity index (χ1v) is 9.45. The van der Waals surface area contributed by atoms with Crippen LogP contribution in [0, 0.1) is 13.8 Å². The van der Waals surface area contributed by atoms with Crippen molar-refractivity contribution in [2.75, 3.05) is 31.5 Å². The maximum Gasteiger partial charge on any atom is 0.322 e. The molecule has 3 rings (SSSR count). The predicted octanol–water partition coefficient (Wildman–Crippen LogP) is 3.41. The topological polar surface area (TPSA) is 44.8 Å². The number of anilines is 1. The Morgan fingerprint density at radius 3 is 2.68 bits per heavy atom. The van der Waals surface area contributed by atoms with Crippen LogP contribution in [0.15, 0.2) is 18.2 Å². The van der Waals surface area contributed by atoms with Crippen molar-refractivity contribution in [1.29, 1.82) is 0 Å². The van der Waals surface area contributed by atoms with E-state index in [4.69, 9.17) is 4.74 Å². The lowest BCUT2D eigenvalue weighted by Gasteiger charge is -2.38. The number of rotatable bonds is 3. The molecule has 1 N–H and O–H groups in total. The van der Waals surface area contributed by atoms with Crippen LogP contribution in [0.1, 0.15) is 37.8 Å². The summed E-state index contributed by atoms with van der Waals surface area (Å²) in [5.74, 6) is 0. The maximum absolute atomic E-state index is 12.8. The second-order valence-corrected chi connectivity index (χ2v) is 7.71. The van der Waals surface area contributed by atoms with Crippen molar-refractivity contribution >= 4 is 11.7 Å². The van der Waals surface area contributed by atoms with Gasteiger partial charge in [0.25, 0.3) is 0 Å². The summed E-state index contributed by atoms with van der Waals surface area (Å²) in [6.45, 7) is 12.0. The number of urea groups is 1. The Labute approximate surface area is 151 Å². The summed E-state index contributed by atoms with van der Waals surface area (Å²) in [4.78, 5) is 17.3. The molecule has 2 aliphatic rings. The molecule has 0 saturated carbocycles. The van der Waals surface area contributed by atoms with Gasteiger partial charge in [-0.3, -0.25) is 4.90 Å². The summed E-state index contributed by atoms with van der Waals surface area (Å²) in [5, 5.41) is 3.12. The van der Waals surface area contributed by atoms with E-state index in [1.54, 1.807) is 0 Å². The van der Waals surface area contributed by atoms with Gasteiger partial charge in [0.15, 0.2) is 0 Å². The number of hydrogen-bond acceptors (Lipinski definition) is 3. The average molecular weight is 345 g/mol. The molecule has 3 atom stereocenters. The van der Waals surface area contributed by atoms with E-state index in [2.05, 4.69) is 43.1 Å². The van der Waals surface area contributed by atoms with Crippen molar-refractivity contribution in [2.24, 2.45) is 0 Å². The summed E-state index contributed by atoms with van der Waals surface area (Å²) in [6.07, 6.45) is 2.70. The highest BCUT2D eigenvalue weighted by atomic mass is 16.5. The molecule has 0 bridgehead atoms. The average Bonchev–Trinajstić information content (AvgIpc) is 2.98. The molecule has 0 radical (unpaired) electrons. The van der Waals surface area contributed by atoms with Gasteiger partial charge >= 0.3 is 6.03 Å². The summed E-state index contributed by atoms with van der Waals surface area (Å²) in [7, 11) is 0. The number of carbonyl (C=O) groups is 1. The Kier molecular flexibility index (Phi) is 5.64. The standard InChI is InChI=1S/C20H31N3O2/c1-14-7-8-15(2)19(10-14)21-20(24)23-9-5-6-18(23)13-22-11-16(3)25-17(4)12-22/h7-8,10,16-18H,5-6,9,11-13H2,1-4H3,(H,21,24)/t16-,17+,18-/m1/s1. The number of carbonyl (C=O) groups excluding carboxylic acids is 1. The quantitative estimate of drug-likeness (QED) is 0.913. The molecule has 1 aromatic carbocycles. The van der Waals surface area contributed by atoms with Gasteiger partial charge in [0.1, 0.15) is 0 Å². The highest BCUT2D eigenvalue weighted by Crippen LogP contribution is 2.23. The Morgan fingerprint density at radius 1 is 1.24 bits per heavy atom. The van der Waals surface area contributed by atoms with E-state index in [-0.39, 0.29) is 18.2 Å². The van der Waals surface area contributed by atoms with Gasteiger partial charge in [-0.15, -0.1) is 0 Å². The van der Waals surface area contributed by atoms with Crippen LogP contribution in [-0.2, 0) is 4.74 Å². The van der Waals surface area contributed by atoms with Crippen LogP contribution in [0.3, 0.4) is 0 Å². The van der Waals surface area contributed by atoms with Crippen LogP contribution in [-0.4, -0.2) is 60.3 Å². The molecule has 0 aliphatic carbocycles. The van der Waals surface area contributed by atoms with Crippen molar-refractivity contribution in [2.45, 2.75) is 58.8 Å². The lowest BCUT2D eigenvalue weighted by atomic mass is 10.1. The lowest BCUT2D eigenvalue weighted by molar-refractivity contribution is -0.0712. The highest BCUT2D eigenvalue weighted by Gasteiger charge is 2.32. The van der Waals surface area contributed by atoms with Gasteiger partial charge in [0, 0.05) is 37.9 Å². The van der Waals surface area contributed by atoms with Crippen LogP contribution in [0.4, 0.5) is 10.5 Å². The summed E-state index contributed by atoms with van der Waals surface area (Å²) in [5.41, 5.74) is 3.19. The third-order valence-electron chi connectivity index (χ3n) is 5.24. The zero-order valence-corrected chi connectivity index (χ0v) is 15.9. The molecule has 5 nitrogen and oxygen atoms in total. The molecule has 1 aromatic rings. The molecular weight excluding hydrogens is 314 g/mol. The molecular formula is C20H31N3O2. The molecule has 2 heterocycles. The molecule has 0 aromatic heterocycles. The largest absolute Gasteiger partial charge is 0.373 e. The second-order valence-electron chi connectivity index (χ2n) is 7.71. The Bertz CT molecular complexity index is 609. The first-order valence-electron chi connectivity index (χ1n) is 9.45. The SMILES string of the molecule is Cc1ccc(C)c(NC(=O)N2CCC[C@@H]2CN2C[C@@H](C)O[C@@H](C)C2)c1. The van der Waals surface area contributed by atoms with Gasteiger partial charge < -0.3 is 15.0 Å². The zero-order chi connectivity index (χ0) is 18.0. The number of benzene rings is 1. The first-order chi connectivity index (χ1) is 11.9. The first kappa shape index (κ1) is 18.2. The fourth-order valence-corrected chi connectivity index (χ4v) is 4.08. The van der Waals surface area contributed by atoms with Gasteiger partial charge in [0.05, 0.1) is 12.2 Å². The van der Waals surface area contributed by atoms with E-state index < -0.39 is 0 Å². The molecule has 25 heavy (non-hydrogen) atoms. The van der Waals surface area contributed by atoms with Gasteiger partial charge in [-0.2, -0.15) is 0 Å². The predicted molar refractivity (Wildman–Crippen MR) is 101 cm³/mol. The van der Waals surface area contributed by atoms with Crippen molar-refractivity contribution < 1.29 is 9.53 Å². The number of ether oxygens (including phenoxy) is 1. The van der Waals surface area contributed by atoms with E-state index in [9.17, 15) is 4.79 Å². The number of nitrogens with zero attached hydrogens (tertiary/aromatic N) is 2. The van der Waals surface area contributed by atoms with Gasteiger partial charge in [-0.05, 0) is 57.7 Å². The van der Waals surface area contributed by atoms with Crippen molar-refractivity contribution in [3.63, 3.8) is 0 Å². The van der Waals surface area contributed by atoms with Gasteiger partial charge in [0.2, 0.25) is 0 Å². The monoisotopic (exact) mass is 345 g/mol. The smallest absolute Gasteiger partial charge is 0.322 e. The van der Waals surface area contributed by atoms with Crippen LogP contribution in [0.5, 0.6) is 0 Å². The number of likely N-dealkylation sites (tertiary alicyclic amines) is 1. The second kappa shape index (κ2) is 7.75. The lowest BCUT2D eigenvalue weighted by Crippen LogP contribution is -2.51. The van der Waals surface area contributed by atoms with E-state index in [1.165, 1.54) is 0 Å². The van der Waals surface area contributed by atoms with Crippen LogP contribution in [0.25, 0.3) is 0 Å². The molecule has 0 spiro atoms. The van der Waals surface area contributed by atoms with E-state index in [1.807, 2.05) is 17.9 Å². The number of amides is 2. The summed E-state index contributed by atoms with van der Waals surface area (Å²) < 4.78 is 5.82. The number of nitrogens with one attached hydrogen (secondary N) is 1. The van der Waals surface area contributed by atoms with Crippen molar-refractivity contribution in [1.82, 2.24) is 9.80 Å². The molecule has 2 saturated heterocycles. The van der Waals surface area contributed by atoms with E-state index in [0.717, 1.165) is 55.8 Å². The highest BCUT2D eigenvalue weighted by molar-refractivity contribution is 5.90. The summed E-state index contributed by atoms with van der Waals surface area (Å²) in [6, 6.07) is 6.50. The van der Waals surface area contributed by atoms with Gasteiger partial charge in [-0.1, -0.05) is 12.1 Å². The molecule has 2 aliphatic heterocycles. The molecule has 0 unspecified atom stereocenters. The number of hydrogen-bond donors (Lipinski definition) is 1.